The van der Waals surface area contributed by atoms with Crippen LogP contribution >= 0.6 is 11.3 Å². The van der Waals surface area contributed by atoms with E-state index in [0.717, 1.165) is 28.4 Å². The Labute approximate surface area is 126 Å². The zero-order valence-electron chi connectivity index (χ0n) is 11.6. The molecule has 4 nitrogen and oxygen atoms in total. The number of benzene rings is 1. The van der Waals surface area contributed by atoms with Crippen LogP contribution in [-0.4, -0.2) is 22.7 Å². The highest BCUT2D eigenvalue weighted by molar-refractivity contribution is 7.11. The second-order valence-corrected chi connectivity index (χ2v) is 5.76. The zero-order chi connectivity index (χ0) is 15.2. The van der Waals surface area contributed by atoms with E-state index in [2.05, 4.69) is 4.98 Å². The number of halogens is 1. The minimum absolute atomic E-state index is 0.0234. The second kappa shape index (κ2) is 7.17. The van der Waals surface area contributed by atoms with Crippen molar-refractivity contribution in [1.82, 2.24) is 4.98 Å². The Morgan fingerprint density at radius 2 is 2.10 bits per heavy atom. The molecule has 0 atom stereocenters. The molecule has 0 spiro atoms. The summed E-state index contributed by atoms with van der Waals surface area (Å²) in [4.78, 5) is 15.9. The molecule has 0 fully saturated rings. The first-order valence-electron chi connectivity index (χ1n) is 6.60. The van der Waals surface area contributed by atoms with Crippen molar-refractivity contribution in [2.75, 3.05) is 6.61 Å². The van der Waals surface area contributed by atoms with Crippen molar-refractivity contribution in [3.05, 3.63) is 45.7 Å². The number of hydrogen-bond donors (Lipinski definition) is 1. The normalized spacial score (nSPS) is 10.6. The number of aryl methyl sites for hydroxylation is 2. The second-order valence-electron chi connectivity index (χ2n) is 4.59. The van der Waals surface area contributed by atoms with E-state index in [1.807, 2.05) is 6.92 Å². The molecule has 0 saturated heterocycles. The van der Waals surface area contributed by atoms with Gasteiger partial charge in [-0.15, -0.1) is 11.3 Å². The molecule has 1 heterocycles. The lowest BCUT2D eigenvalue weighted by Crippen LogP contribution is -1.99. The molecule has 1 N–H and O–H groups in total. The number of rotatable bonds is 7. The Morgan fingerprint density at radius 1 is 1.38 bits per heavy atom. The summed E-state index contributed by atoms with van der Waals surface area (Å²) in [7, 11) is 0. The third kappa shape index (κ3) is 4.82. The van der Waals surface area contributed by atoms with Gasteiger partial charge in [0.1, 0.15) is 11.6 Å². The van der Waals surface area contributed by atoms with Crippen LogP contribution in [0, 0.1) is 12.7 Å². The number of carboxylic acid groups (broad SMARTS) is 1. The van der Waals surface area contributed by atoms with Crippen molar-refractivity contribution < 1.29 is 19.0 Å². The van der Waals surface area contributed by atoms with Crippen molar-refractivity contribution >= 4 is 17.3 Å². The summed E-state index contributed by atoms with van der Waals surface area (Å²) >= 11 is 1.44. The molecule has 1 aromatic heterocycles. The monoisotopic (exact) mass is 309 g/mol. The Kier molecular flexibility index (Phi) is 5.27. The summed E-state index contributed by atoms with van der Waals surface area (Å²) in [5, 5.41) is 9.72. The molecular formula is C15H16FNO3S. The van der Waals surface area contributed by atoms with Gasteiger partial charge in [0, 0.05) is 11.3 Å². The van der Waals surface area contributed by atoms with Crippen LogP contribution in [0.15, 0.2) is 24.3 Å². The molecule has 0 saturated carbocycles. The SMILES string of the molecule is Cc1nc(CCCOc2ccc(F)cc2)sc1CC(=O)O. The molecule has 2 rings (SSSR count). The highest BCUT2D eigenvalue weighted by Crippen LogP contribution is 2.20. The van der Waals surface area contributed by atoms with Gasteiger partial charge in [0.05, 0.1) is 23.7 Å². The van der Waals surface area contributed by atoms with Crippen molar-refractivity contribution in [3.63, 3.8) is 0 Å². The lowest BCUT2D eigenvalue weighted by molar-refractivity contribution is -0.136. The largest absolute Gasteiger partial charge is 0.494 e. The maximum Gasteiger partial charge on any atom is 0.308 e. The fourth-order valence-electron chi connectivity index (χ4n) is 1.84. The maximum absolute atomic E-state index is 12.7. The van der Waals surface area contributed by atoms with Crippen LogP contribution in [0.25, 0.3) is 0 Å². The fourth-order valence-corrected chi connectivity index (χ4v) is 2.94. The van der Waals surface area contributed by atoms with Crippen LogP contribution in [0.4, 0.5) is 4.39 Å². The first-order valence-corrected chi connectivity index (χ1v) is 7.41. The number of aromatic nitrogens is 1. The van der Waals surface area contributed by atoms with Gasteiger partial charge in [-0.3, -0.25) is 4.79 Å². The van der Waals surface area contributed by atoms with E-state index in [9.17, 15) is 9.18 Å². The molecule has 0 amide bonds. The van der Waals surface area contributed by atoms with Crippen LogP contribution in [0.1, 0.15) is 22.0 Å². The molecule has 0 aliphatic rings. The Morgan fingerprint density at radius 3 is 2.76 bits per heavy atom. The van der Waals surface area contributed by atoms with Crippen LogP contribution < -0.4 is 4.74 Å². The predicted molar refractivity (Wildman–Crippen MR) is 78.4 cm³/mol. The van der Waals surface area contributed by atoms with Gasteiger partial charge in [-0.25, -0.2) is 9.37 Å². The number of ether oxygens (including phenoxy) is 1. The predicted octanol–water partition coefficient (Wildman–Crippen LogP) is 3.23. The van der Waals surface area contributed by atoms with E-state index in [4.69, 9.17) is 9.84 Å². The first kappa shape index (κ1) is 15.4. The quantitative estimate of drug-likeness (QED) is 0.798. The van der Waals surface area contributed by atoms with Gasteiger partial charge in [-0.1, -0.05) is 0 Å². The third-order valence-corrected chi connectivity index (χ3v) is 4.08. The minimum Gasteiger partial charge on any atom is -0.494 e. The highest BCUT2D eigenvalue weighted by atomic mass is 32.1. The smallest absolute Gasteiger partial charge is 0.308 e. The summed E-state index contributed by atoms with van der Waals surface area (Å²) in [6, 6.07) is 5.90. The Hall–Kier alpha value is -1.95. The number of aliphatic carboxylic acids is 1. The molecule has 2 aromatic rings. The van der Waals surface area contributed by atoms with Gasteiger partial charge >= 0.3 is 5.97 Å². The van der Waals surface area contributed by atoms with E-state index in [1.165, 1.54) is 23.5 Å². The van der Waals surface area contributed by atoms with Crippen LogP contribution in [0.3, 0.4) is 0 Å². The number of carbonyl (C=O) groups is 1. The lowest BCUT2D eigenvalue weighted by atomic mass is 10.3. The minimum atomic E-state index is -0.840. The van der Waals surface area contributed by atoms with E-state index in [1.54, 1.807) is 12.1 Å². The molecule has 1 aromatic carbocycles. The molecule has 6 heteroatoms. The zero-order valence-corrected chi connectivity index (χ0v) is 12.5. The molecule has 0 bridgehead atoms. The average molecular weight is 309 g/mol. The standard InChI is InChI=1S/C15H16FNO3S/c1-10-13(9-15(18)19)21-14(17-10)3-2-8-20-12-6-4-11(16)5-7-12/h4-7H,2-3,8-9H2,1H3,(H,18,19). The molecule has 0 radical (unpaired) electrons. The fraction of sp³-hybridized carbons (Fsp3) is 0.333. The highest BCUT2D eigenvalue weighted by Gasteiger charge is 2.10. The van der Waals surface area contributed by atoms with Crippen LogP contribution in [0.2, 0.25) is 0 Å². The van der Waals surface area contributed by atoms with E-state index >= 15 is 0 Å². The number of thiazole rings is 1. The first-order chi connectivity index (χ1) is 10.0. The molecule has 0 unspecified atom stereocenters. The number of carboxylic acids is 1. The van der Waals surface area contributed by atoms with E-state index in [-0.39, 0.29) is 12.2 Å². The lowest BCUT2D eigenvalue weighted by Gasteiger charge is -2.04. The van der Waals surface area contributed by atoms with Crippen LogP contribution in [-0.2, 0) is 17.6 Å². The van der Waals surface area contributed by atoms with Crippen molar-refractivity contribution in [2.45, 2.75) is 26.2 Å². The number of nitrogens with zero attached hydrogens (tertiary/aromatic N) is 1. The van der Waals surface area contributed by atoms with Crippen molar-refractivity contribution in [3.8, 4) is 5.75 Å². The Balaban J connectivity index is 1.78. The summed E-state index contributed by atoms with van der Waals surface area (Å²) < 4.78 is 18.2. The van der Waals surface area contributed by atoms with Gasteiger partial charge in [0.25, 0.3) is 0 Å². The molecule has 112 valence electrons. The number of hydrogen-bond acceptors (Lipinski definition) is 4. The topological polar surface area (TPSA) is 59.4 Å². The Bertz CT molecular complexity index is 610. The van der Waals surface area contributed by atoms with Gasteiger partial charge in [-0.05, 0) is 37.6 Å². The van der Waals surface area contributed by atoms with Crippen molar-refractivity contribution in [2.24, 2.45) is 0 Å². The molecule has 0 aliphatic heterocycles. The molecule has 21 heavy (non-hydrogen) atoms. The summed E-state index contributed by atoms with van der Waals surface area (Å²) in [6.07, 6.45) is 1.54. The molecule has 0 aliphatic carbocycles. The van der Waals surface area contributed by atoms with Gasteiger partial charge in [0.2, 0.25) is 0 Å². The van der Waals surface area contributed by atoms with Gasteiger partial charge in [-0.2, -0.15) is 0 Å². The maximum atomic E-state index is 12.7. The van der Waals surface area contributed by atoms with E-state index in [0.29, 0.717) is 12.4 Å². The van der Waals surface area contributed by atoms with Crippen molar-refractivity contribution in [1.29, 1.82) is 0 Å². The average Bonchev–Trinajstić information content (AvgIpc) is 2.76. The summed E-state index contributed by atoms with van der Waals surface area (Å²) in [6.45, 7) is 2.34. The van der Waals surface area contributed by atoms with Gasteiger partial charge < -0.3 is 9.84 Å². The summed E-state index contributed by atoms with van der Waals surface area (Å²) in [5.74, 6) is -0.488. The summed E-state index contributed by atoms with van der Waals surface area (Å²) in [5.41, 5.74) is 0.789. The van der Waals surface area contributed by atoms with Gasteiger partial charge in [0.15, 0.2) is 0 Å². The van der Waals surface area contributed by atoms with E-state index < -0.39 is 5.97 Å². The third-order valence-electron chi connectivity index (χ3n) is 2.87. The molecular weight excluding hydrogens is 293 g/mol. The van der Waals surface area contributed by atoms with Crippen LogP contribution in [0.5, 0.6) is 5.75 Å².